The zero-order chi connectivity index (χ0) is 21.1. The number of anilines is 1. The van der Waals surface area contributed by atoms with E-state index in [0.29, 0.717) is 11.3 Å². The van der Waals surface area contributed by atoms with Gasteiger partial charge in [0.15, 0.2) is 0 Å². The molecule has 4 aromatic rings. The van der Waals surface area contributed by atoms with Crippen molar-refractivity contribution in [2.24, 2.45) is 0 Å². The summed E-state index contributed by atoms with van der Waals surface area (Å²) in [5.41, 5.74) is 7.25. The summed E-state index contributed by atoms with van der Waals surface area (Å²) in [7, 11) is 0. The van der Waals surface area contributed by atoms with Gasteiger partial charge in [-0.25, -0.2) is 0 Å². The average Bonchev–Trinajstić information content (AvgIpc) is 3.16. The topological polar surface area (TPSA) is 59.8 Å². The maximum Gasteiger partial charge on any atom is 0.255 e. The molecule has 0 radical (unpaired) electrons. The molecule has 30 heavy (non-hydrogen) atoms. The third kappa shape index (κ3) is 4.25. The minimum atomic E-state index is -0.123. The van der Waals surface area contributed by atoms with E-state index in [0.717, 1.165) is 34.3 Å². The Balaban J connectivity index is 1.54. The van der Waals surface area contributed by atoms with Crippen LogP contribution in [0.1, 0.15) is 46.8 Å². The number of nitrogens with zero attached hydrogens (tertiary/aromatic N) is 3. The van der Waals surface area contributed by atoms with Crippen molar-refractivity contribution >= 4 is 22.6 Å². The van der Waals surface area contributed by atoms with Crippen molar-refractivity contribution < 1.29 is 4.79 Å². The summed E-state index contributed by atoms with van der Waals surface area (Å²) in [6.07, 6.45) is 3.48. The lowest BCUT2D eigenvalue weighted by molar-refractivity contribution is 0.102. The molecule has 0 aliphatic carbocycles. The second kappa shape index (κ2) is 8.49. The summed E-state index contributed by atoms with van der Waals surface area (Å²) in [6.45, 7) is 6.17. The molecule has 4 rings (SSSR count). The number of rotatable bonds is 6. The second-order valence-corrected chi connectivity index (χ2v) is 7.74. The first-order valence-electron chi connectivity index (χ1n) is 10.4. The van der Waals surface area contributed by atoms with E-state index in [1.807, 2.05) is 62.4 Å². The smallest absolute Gasteiger partial charge is 0.255 e. The van der Waals surface area contributed by atoms with Crippen molar-refractivity contribution in [3.05, 3.63) is 82.9 Å². The van der Waals surface area contributed by atoms with E-state index in [2.05, 4.69) is 34.6 Å². The highest BCUT2D eigenvalue weighted by atomic mass is 16.1. The van der Waals surface area contributed by atoms with Gasteiger partial charge in [-0.3, -0.25) is 4.79 Å². The maximum absolute atomic E-state index is 12.7. The first-order valence-corrected chi connectivity index (χ1v) is 10.4. The second-order valence-electron chi connectivity index (χ2n) is 7.74. The number of aryl methyl sites for hydroxylation is 3. The van der Waals surface area contributed by atoms with E-state index >= 15 is 0 Å². The van der Waals surface area contributed by atoms with Crippen LogP contribution in [0.4, 0.5) is 5.69 Å². The molecule has 1 amide bonds. The van der Waals surface area contributed by atoms with Gasteiger partial charge < -0.3 is 5.32 Å². The Kier molecular flexibility index (Phi) is 5.61. The Labute approximate surface area is 176 Å². The molecule has 1 aromatic heterocycles. The molecule has 0 spiro atoms. The predicted molar refractivity (Wildman–Crippen MR) is 121 cm³/mol. The molecule has 0 aliphatic rings. The van der Waals surface area contributed by atoms with Gasteiger partial charge in [-0.1, -0.05) is 43.2 Å². The highest BCUT2D eigenvalue weighted by Gasteiger charge is 2.11. The molecule has 1 heterocycles. The number of fused-ring (bicyclic) bond motifs is 1. The molecular formula is C25H26N4O. The molecule has 0 bridgehead atoms. The van der Waals surface area contributed by atoms with Crippen LogP contribution in [-0.4, -0.2) is 20.9 Å². The van der Waals surface area contributed by atoms with Gasteiger partial charge in [0.2, 0.25) is 0 Å². The van der Waals surface area contributed by atoms with Gasteiger partial charge in [0.05, 0.1) is 5.69 Å². The van der Waals surface area contributed by atoms with E-state index in [9.17, 15) is 4.79 Å². The summed E-state index contributed by atoms with van der Waals surface area (Å²) < 4.78 is 0. The summed E-state index contributed by atoms with van der Waals surface area (Å²) >= 11 is 0. The van der Waals surface area contributed by atoms with E-state index in [-0.39, 0.29) is 5.91 Å². The van der Waals surface area contributed by atoms with Crippen molar-refractivity contribution in [2.45, 2.75) is 40.0 Å². The SMILES string of the molecule is CCCCc1ccc(-n2nc3ccc(NC(=O)c4ccc(C)cc4C)cc3n2)cc1. The minimum absolute atomic E-state index is 0.123. The molecule has 0 saturated carbocycles. The van der Waals surface area contributed by atoms with Crippen molar-refractivity contribution in [2.75, 3.05) is 5.32 Å². The number of hydrogen-bond donors (Lipinski definition) is 1. The summed E-state index contributed by atoms with van der Waals surface area (Å²) in [4.78, 5) is 14.3. The van der Waals surface area contributed by atoms with Gasteiger partial charge in [-0.05, 0) is 74.2 Å². The maximum atomic E-state index is 12.7. The van der Waals surface area contributed by atoms with Crippen LogP contribution in [0.2, 0.25) is 0 Å². The normalized spacial score (nSPS) is 11.0. The fourth-order valence-corrected chi connectivity index (χ4v) is 3.55. The lowest BCUT2D eigenvalue weighted by atomic mass is 10.1. The first-order chi connectivity index (χ1) is 14.5. The van der Waals surface area contributed by atoms with Crippen molar-refractivity contribution in [3.63, 3.8) is 0 Å². The zero-order valence-electron chi connectivity index (χ0n) is 17.6. The molecule has 0 aliphatic heterocycles. The quantitative estimate of drug-likeness (QED) is 0.458. The molecule has 152 valence electrons. The molecule has 5 nitrogen and oxygen atoms in total. The van der Waals surface area contributed by atoms with E-state index in [1.54, 1.807) is 4.80 Å². The zero-order valence-corrected chi connectivity index (χ0v) is 17.6. The Bertz CT molecular complexity index is 1190. The minimum Gasteiger partial charge on any atom is -0.322 e. The molecule has 1 N–H and O–H groups in total. The number of hydrogen-bond acceptors (Lipinski definition) is 3. The van der Waals surface area contributed by atoms with E-state index in [1.165, 1.54) is 18.4 Å². The Morgan fingerprint density at radius 2 is 1.70 bits per heavy atom. The molecule has 0 atom stereocenters. The number of amides is 1. The van der Waals surface area contributed by atoms with Gasteiger partial charge in [0, 0.05) is 11.3 Å². The summed E-state index contributed by atoms with van der Waals surface area (Å²) in [5, 5.41) is 12.1. The third-order valence-corrected chi connectivity index (χ3v) is 5.25. The van der Waals surface area contributed by atoms with E-state index < -0.39 is 0 Å². The summed E-state index contributed by atoms with van der Waals surface area (Å²) in [5.74, 6) is -0.123. The van der Waals surface area contributed by atoms with E-state index in [4.69, 9.17) is 0 Å². The Morgan fingerprint density at radius 1 is 0.933 bits per heavy atom. The van der Waals surface area contributed by atoms with Crippen LogP contribution in [0.5, 0.6) is 0 Å². The van der Waals surface area contributed by atoms with Crippen molar-refractivity contribution in [1.29, 1.82) is 0 Å². The van der Waals surface area contributed by atoms with Crippen LogP contribution in [0, 0.1) is 13.8 Å². The van der Waals surface area contributed by atoms with Gasteiger partial charge >= 0.3 is 0 Å². The lowest BCUT2D eigenvalue weighted by Crippen LogP contribution is -2.13. The standard InChI is InChI=1S/C25H26N4O/c1-4-5-6-19-8-11-21(12-9-19)29-27-23-14-10-20(16-24(23)28-29)26-25(30)22-13-7-17(2)15-18(22)3/h7-16H,4-6H2,1-3H3,(H,26,30). The molecule has 0 fully saturated rings. The third-order valence-electron chi connectivity index (χ3n) is 5.25. The number of benzene rings is 3. The van der Waals surface area contributed by atoms with Gasteiger partial charge in [-0.2, -0.15) is 4.80 Å². The number of unbranched alkanes of at least 4 members (excludes halogenated alkanes) is 1. The predicted octanol–water partition coefficient (Wildman–Crippen LogP) is 5.63. The highest BCUT2D eigenvalue weighted by Crippen LogP contribution is 2.20. The molecule has 3 aromatic carbocycles. The van der Waals surface area contributed by atoms with Crippen LogP contribution in [0.15, 0.2) is 60.7 Å². The van der Waals surface area contributed by atoms with Crippen LogP contribution in [0.3, 0.4) is 0 Å². The van der Waals surface area contributed by atoms with Crippen LogP contribution < -0.4 is 5.32 Å². The Morgan fingerprint density at radius 3 is 2.43 bits per heavy atom. The fraction of sp³-hybridized carbons (Fsp3) is 0.240. The lowest BCUT2D eigenvalue weighted by Gasteiger charge is -2.08. The number of nitrogens with one attached hydrogen (secondary N) is 1. The number of carbonyl (C=O) groups excluding carboxylic acids is 1. The monoisotopic (exact) mass is 398 g/mol. The average molecular weight is 399 g/mol. The van der Waals surface area contributed by atoms with Crippen LogP contribution in [0.25, 0.3) is 16.7 Å². The van der Waals surface area contributed by atoms with Gasteiger partial charge in [-0.15, -0.1) is 10.2 Å². The summed E-state index contributed by atoms with van der Waals surface area (Å²) in [6, 6.07) is 19.8. The Hall–Kier alpha value is -3.47. The molecule has 5 heteroatoms. The molecule has 0 unspecified atom stereocenters. The van der Waals surface area contributed by atoms with Crippen molar-refractivity contribution in [3.8, 4) is 5.69 Å². The van der Waals surface area contributed by atoms with Crippen LogP contribution >= 0.6 is 0 Å². The number of aromatic nitrogens is 3. The fourth-order valence-electron chi connectivity index (χ4n) is 3.55. The molecule has 0 saturated heterocycles. The van der Waals surface area contributed by atoms with Crippen LogP contribution in [-0.2, 0) is 6.42 Å². The van der Waals surface area contributed by atoms with Gasteiger partial charge in [0.25, 0.3) is 5.91 Å². The number of carbonyl (C=O) groups is 1. The van der Waals surface area contributed by atoms with Crippen molar-refractivity contribution in [1.82, 2.24) is 15.0 Å². The van der Waals surface area contributed by atoms with Gasteiger partial charge in [0.1, 0.15) is 11.0 Å². The largest absolute Gasteiger partial charge is 0.322 e. The highest BCUT2D eigenvalue weighted by molar-refractivity contribution is 6.05. The molecular weight excluding hydrogens is 372 g/mol. The first kappa shape index (κ1) is 19.8.